The van der Waals surface area contributed by atoms with E-state index in [1.165, 1.54) is 47.4 Å². The van der Waals surface area contributed by atoms with Crippen LogP contribution in [0, 0.1) is 5.21 Å². The van der Waals surface area contributed by atoms with E-state index in [9.17, 15) is 35.1 Å². The molecule has 1 saturated heterocycles. The smallest absolute Gasteiger partial charge is 0.253 e. The molecule has 2 atom stereocenters. The highest BCUT2D eigenvalue weighted by Crippen LogP contribution is 2.40. The third-order valence-electron chi connectivity index (χ3n) is 5.34. The van der Waals surface area contributed by atoms with Crippen LogP contribution < -0.4 is 20.9 Å². The van der Waals surface area contributed by atoms with Gasteiger partial charge in [0.2, 0.25) is 5.91 Å². The zero-order valence-electron chi connectivity index (χ0n) is 17.7. The number of aliphatic carboxylic acids is 1. The summed E-state index contributed by atoms with van der Waals surface area (Å²) < 4.78 is 0. The molecule has 2 aliphatic heterocycles. The number of anilines is 2. The summed E-state index contributed by atoms with van der Waals surface area (Å²) >= 11 is 2.67. The van der Waals surface area contributed by atoms with E-state index in [0.717, 1.165) is 15.8 Å². The molecule has 14 heteroatoms. The second-order valence-electron chi connectivity index (χ2n) is 7.51. The lowest BCUT2D eigenvalue weighted by molar-refractivity contribution is -0.301. The molecule has 2 aliphatic rings. The Labute approximate surface area is 206 Å². The number of carboxylic acids is 1. The first-order valence-electron chi connectivity index (χ1n) is 10.0. The number of amides is 2. The van der Waals surface area contributed by atoms with Crippen molar-refractivity contribution in [3.05, 3.63) is 68.7 Å². The van der Waals surface area contributed by atoms with Gasteiger partial charge < -0.3 is 25.7 Å². The lowest BCUT2D eigenvalue weighted by Crippen LogP contribution is -2.71. The van der Waals surface area contributed by atoms with Gasteiger partial charge in [-0.15, -0.1) is 28.3 Å². The maximum atomic E-state index is 12.7. The number of hydrogen-bond acceptors (Lipinski definition) is 12. The molecule has 12 nitrogen and oxygen atoms in total. The van der Waals surface area contributed by atoms with Crippen LogP contribution in [0.4, 0.5) is 11.4 Å². The molecule has 4 rings (SSSR count). The second kappa shape index (κ2) is 10.1. The zero-order valence-corrected chi connectivity index (χ0v) is 19.4. The van der Waals surface area contributed by atoms with Crippen molar-refractivity contribution >= 4 is 58.3 Å². The van der Waals surface area contributed by atoms with Gasteiger partial charge in [0.1, 0.15) is 17.1 Å². The first kappa shape index (κ1) is 24.7. The van der Waals surface area contributed by atoms with E-state index in [0.29, 0.717) is 0 Å². The molecule has 0 bridgehead atoms. The number of thiophene rings is 1. The van der Waals surface area contributed by atoms with Gasteiger partial charge in [-0.05, 0) is 29.2 Å². The van der Waals surface area contributed by atoms with Gasteiger partial charge in [-0.25, -0.2) is 0 Å². The zero-order chi connectivity index (χ0) is 25.3. The van der Waals surface area contributed by atoms with E-state index in [1.54, 1.807) is 6.07 Å². The number of fused-ring (bicyclic) bond motifs is 1. The molecule has 0 radical (unpaired) electrons. The van der Waals surface area contributed by atoms with Crippen LogP contribution in [0.25, 0.3) is 6.08 Å². The van der Waals surface area contributed by atoms with Crippen molar-refractivity contribution in [3.63, 3.8) is 0 Å². The number of nitrogens with zero attached hydrogens (tertiary/aromatic N) is 3. The minimum Gasteiger partial charge on any atom is -0.733 e. The van der Waals surface area contributed by atoms with Gasteiger partial charge in [0.05, 0.1) is 23.8 Å². The van der Waals surface area contributed by atoms with Crippen molar-refractivity contribution in [2.75, 3.05) is 16.2 Å². The monoisotopic (exact) mass is 518 g/mol. The quantitative estimate of drug-likeness (QED) is 0.285. The third-order valence-corrected chi connectivity index (χ3v) is 7.52. The lowest BCUT2D eigenvalue weighted by Gasteiger charge is -2.50. The van der Waals surface area contributed by atoms with E-state index >= 15 is 0 Å². The van der Waals surface area contributed by atoms with Gasteiger partial charge in [-0.3, -0.25) is 30.1 Å². The van der Waals surface area contributed by atoms with Crippen LogP contribution in [-0.2, 0) is 20.8 Å². The standard InChI is InChI=1S/C21H19N4O8S2/c26-16(9-14-2-1-7-34-14)22-17-19(27)23-18(21(28)29)12(10-35-20(17)23)4-3-11-5-6-13(24(30)31)8-15(11)25(32)33/h1-8,17,20,30,32-33H,9-10H2,(H,22,26)(H,28,29)/q-1/p-1. The summed E-state index contributed by atoms with van der Waals surface area (Å²) in [6.07, 6.45) is 2.85. The van der Waals surface area contributed by atoms with Crippen LogP contribution in [0.3, 0.4) is 0 Å². The number of benzene rings is 1. The molecule has 4 N–H and O–H groups in total. The summed E-state index contributed by atoms with van der Waals surface area (Å²) in [5.41, 5.74) is -0.476. The third kappa shape index (κ3) is 5.02. The maximum absolute atomic E-state index is 12.7. The van der Waals surface area contributed by atoms with Crippen molar-refractivity contribution in [1.82, 2.24) is 10.2 Å². The Hall–Kier alpha value is -3.40. The fourth-order valence-electron chi connectivity index (χ4n) is 3.71. The number of thioether (sulfide) groups is 1. The Morgan fingerprint density at radius 1 is 1.23 bits per heavy atom. The molecule has 0 saturated carbocycles. The Kier molecular flexibility index (Phi) is 7.11. The number of nitrogens with one attached hydrogen (secondary N) is 1. The molecule has 2 amide bonds. The minimum absolute atomic E-state index is 0.115. The highest BCUT2D eigenvalue weighted by Gasteiger charge is 2.52. The van der Waals surface area contributed by atoms with E-state index in [-0.39, 0.29) is 51.5 Å². The molecule has 1 aromatic heterocycles. The van der Waals surface area contributed by atoms with Gasteiger partial charge in [0.15, 0.2) is 0 Å². The van der Waals surface area contributed by atoms with Crippen molar-refractivity contribution in [1.29, 1.82) is 0 Å². The predicted molar refractivity (Wildman–Crippen MR) is 124 cm³/mol. The van der Waals surface area contributed by atoms with E-state index in [4.69, 9.17) is 5.21 Å². The molecular formula is C21H18N4O8S2-2. The van der Waals surface area contributed by atoms with Crippen LogP contribution in [0.1, 0.15) is 10.4 Å². The van der Waals surface area contributed by atoms with Crippen LogP contribution in [0.5, 0.6) is 0 Å². The minimum atomic E-state index is -1.57. The average molecular weight is 519 g/mol. The number of allylic oxidation sites excluding steroid dienone is 1. The number of carbonyl (C=O) groups is 3. The average Bonchev–Trinajstić information content (AvgIpc) is 3.33. The summed E-state index contributed by atoms with van der Waals surface area (Å²) in [4.78, 5) is 38.8. The Morgan fingerprint density at radius 2 is 2.00 bits per heavy atom. The lowest BCUT2D eigenvalue weighted by atomic mass is 10.0. The number of hydrogen-bond donors (Lipinski definition) is 4. The van der Waals surface area contributed by atoms with Crippen molar-refractivity contribution in [2.45, 2.75) is 17.8 Å². The summed E-state index contributed by atoms with van der Waals surface area (Å²) in [7, 11) is 0. The van der Waals surface area contributed by atoms with E-state index in [2.05, 4.69) is 5.32 Å². The van der Waals surface area contributed by atoms with E-state index in [1.807, 2.05) is 11.4 Å². The highest BCUT2D eigenvalue weighted by atomic mass is 32.2. The highest BCUT2D eigenvalue weighted by molar-refractivity contribution is 8.00. The van der Waals surface area contributed by atoms with E-state index < -0.39 is 28.5 Å². The molecule has 35 heavy (non-hydrogen) atoms. The Balaban J connectivity index is 1.54. The van der Waals surface area contributed by atoms with Gasteiger partial charge in [-0.1, -0.05) is 24.3 Å². The topological polar surface area (TPSA) is 180 Å². The predicted octanol–water partition coefficient (Wildman–Crippen LogP) is 0.686. The van der Waals surface area contributed by atoms with Crippen LogP contribution >= 0.6 is 23.1 Å². The molecule has 0 spiro atoms. The Bertz CT molecular complexity index is 1210. The molecule has 2 aromatic rings. The fourth-order valence-corrected chi connectivity index (χ4v) is 5.73. The van der Waals surface area contributed by atoms with Gasteiger partial charge in [0, 0.05) is 16.2 Å². The summed E-state index contributed by atoms with van der Waals surface area (Å²) in [6.45, 7) is 0. The molecule has 1 fully saturated rings. The molecule has 184 valence electrons. The number of carboxylic acid groups (broad SMARTS) is 1. The number of β-lactam (4-membered cyclic amide) rings is 1. The van der Waals surface area contributed by atoms with Crippen LogP contribution in [0.2, 0.25) is 0 Å². The molecular weight excluding hydrogens is 500 g/mol. The first-order chi connectivity index (χ1) is 16.7. The number of rotatable bonds is 8. The van der Waals surface area contributed by atoms with Crippen LogP contribution in [0.15, 0.2) is 53.1 Å². The molecule has 3 heterocycles. The molecule has 1 aromatic carbocycles. The summed E-state index contributed by atoms with van der Waals surface area (Å²) in [5, 5.41) is 54.0. The SMILES string of the molecule is O=C(Cc1cccs1)NC1C(=O)N2C(C(=O)[O-])=C(C=Cc3ccc(N([O-])O)cc3N(O)O)CSC12. The van der Waals surface area contributed by atoms with Gasteiger partial charge in [0.25, 0.3) is 5.91 Å². The molecule has 0 aliphatic carbocycles. The Morgan fingerprint density at radius 3 is 2.63 bits per heavy atom. The van der Waals surface area contributed by atoms with Gasteiger partial charge >= 0.3 is 0 Å². The van der Waals surface area contributed by atoms with Crippen molar-refractivity contribution in [3.8, 4) is 0 Å². The maximum Gasteiger partial charge on any atom is 0.253 e. The largest absolute Gasteiger partial charge is 0.733 e. The molecule has 2 unspecified atom stereocenters. The number of carbonyl (C=O) groups excluding carboxylic acids is 3. The normalized spacial score (nSPS) is 19.4. The van der Waals surface area contributed by atoms with Gasteiger partial charge in [-0.2, -0.15) is 0 Å². The summed E-state index contributed by atoms with van der Waals surface area (Å²) in [6, 6.07) is 6.26. The first-order valence-corrected chi connectivity index (χ1v) is 12.0. The second-order valence-corrected chi connectivity index (χ2v) is 9.65. The summed E-state index contributed by atoms with van der Waals surface area (Å²) in [5.74, 6) is -2.32. The van der Waals surface area contributed by atoms with Crippen molar-refractivity contribution < 1.29 is 35.1 Å². The van der Waals surface area contributed by atoms with Crippen molar-refractivity contribution in [2.24, 2.45) is 0 Å². The van der Waals surface area contributed by atoms with Crippen LogP contribution in [-0.4, -0.2) is 55.5 Å². The fraction of sp³-hybridized carbons (Fsp3) is 0.190.